The quantitative estimate of drug-likeness (QED) is 0.279. The predicted molar refractivity (Wildman–Crippen MR) is 158 cm³/mol. The minimum absolute atomic E-state index is 0.0417. The maximum Gasteiger partial charge on any atom is 0.258 e. The highest BCUT2D eigenvalue weighted by molar-refractivity contribution is 6.15. The summed E-state index contributed by atoms with van der Waals surface area (Å²) >= 11 is 0. The Hall–Kier alpha value is -5.06. The zero-order chi connectivity index (χ0) is 31.1. The van der Waals surface area contributed by atoms with E-state index in [1.165, 1.54) is 21.0 Å². The van der Waals surface area contributed by atoms with Crippen LogP contribution in [0.3, 0.4) is 0 Å². The summed E-state index contributed by atoms with van der Waals surface area (Å²) in [6.45, 7) is 2.70. The fourth-order valence-electron chi connectivity index (χ4n) is 4.93. The Labute approximate surface area is 248 Å². The first kappa shape index (κ1) is 30.9. The van der Waals surface area contributed by atoms with Crippen molar-refractivity contribution in [2.75, 3.05) is 7.11 Å². The molecule has 0 aliphatic carbocycles. The lowest BCUT2D eigenvalue weighted by atomic mass is 9.93. The van der Waals surface area contributed by atoms with E-state index in [0.29, 0.717) is 22.9 Å². The van der Waals surface area contributed by atoms with Crippen molar-refractivity contribution in [3.05, 3.63) is 77.9 Å². The van der Waals surface area contributed by atoms with E-state index in [-0.39, 0.29) is 24.8 Å². The third kappa shape index (κ3) is 7.06. The molecule has 4 N–H and O–H groups in total. The molecule has 4 rings (SSSR count). The number of amides is 5. The van der Waals surface area contributed by atoms with Gasteiger partial charge in [-0.25, -0.2) is 0 Å². The van der Waals surface area contributed by atoms with Crippen molar-refractivity contribution in [3.8, 4) is 5.75 Å². The van der Waals surface area contributed by atoms with Crippen molar-refractivity contribution < 1.29 is 33.5 Å². The maximum atomic E-state index is 13.4. The van der Waals surface area contributed by atoms with Crippen molar-refractivity contribution in [2.45, 2.75) is 57.2 Å². The number of imide groups is 1. The molecule has 3 atom stereocenters. The van der Waals surface area contributed by atoms with Gasteiger partial charge < -0.3 is 20.7 Å². The van der Waals surface area contributed by atoms with Crippen LogP contribution in [0.2, 0.25) is 0 Å². The molecule has 0 unspecified atom stereocenters. The number of hydrogen-bond donors (Lipinski definition) is 4. The molecular weight excluding hydrogens is 552 g/mol. The number of benzene rings is 3. The third-order valence-corrected chi connectivity index (χ3v) is 7.45. The monoisotopic (exact) mass is 586 g/mol. The second-order valence-corrected chi connectivity index (χ2v) is 10.6. The number of ether oxygens (including phenoxy) is 1. The summed E-state index contributed by atoms with van der Waals surface area (Å²) in [7, 11) is 1.52. The number of ketones is 1. The van der Waals surface area contributed by atoms with Crippen LogP contribution in [0.5, 0.6) is 5.75 Å². The fraction of sp³-hybridized carbons (Fsp3) is 0.312. The minimum Gasteiger partial charge on any atom is -0.496 e. The van der Waals surface area contributed by atoms with Gasteiger partial charge >= 0.3 is 0 Å². The van der Waals surface area contributed by atoms with E-state index < -0.39 is 52.9 Å². The molecule has 0 radical (unpaired) electrons. The Morgan fingerprint density at radius 2 is 1.56 bits per heavy atom. The first-order chi connectivity index (χ1) is 20.5. The highest BCUT2D eigenvalue weighted by Crippen LogP contribution is 2.28. The highest BCUT2D eigenvalue weighted by atomic mass is 16.5. The van der Waals surface area contributed by atoms with Crippen molar-refractivity contribution in [3.63, 3.8) is 0 Å². The van der Waals surface area contributed by atoms with Gasteiger partial charge in [0.25, 0.3) is 11.8 Å². The molecule has 1 aliphatic heterocycles. The lowest BCUT2D eigenvalue weighted by molar-refractivity contribution is -0.141. The van der Waals surface area contributed by atoms with Gasteiger partial charge in [0.2, 0.25) is 17.7 Å². The van der Waals surface area contributed by atoms with E-state index in [1.54, 1.807) is 60.7 Å². The van der Waals surface area contributed by atoms with E-state index in [4.69, 9.17) is 4.74 Å². The number of fused-ring (bicyclic) bond motifs is 1. The van der Waals surface area contributed by atoms with E-state index >= 15 is 0 Å². The summed E-state index contributed by atoms with van der Waals surface area (Å²) in [5.74, 6) is -3.29. The molecule has 1 aliphatic rings. The summed E-state index contributed by atoms with van der Waals surface area (Å²) in [6, 6.07) is 16.9. The largest absolute Gasteiger partial charge is 0.496 e. The zero-order valence-corrected chi connectivity index (χ0v) is 24.2. The van der Waals surface area contributed by atoms with Crippen LogP contribution in [0.15, 0.2) is 66.7 Å². The number of carbonyl (C=O) groups excluding carboxylic acids is 6. The van der Waals surface area contributed by atoms with Gasteiger partial charge in [0.15, 0.2) is 11.3 Å². The van der Waals surface area contributed by atoms with Crippen LogP contribution in [0.4, 0.5) is 0 Å². The molecule has 11 nitrogen and oxygen atoms in total. The maximum absolute atomic E-state index is 13.4. The SMILES string of the molecule is COc1ccc(C(=O)NC(=O)[C@H](Cc2ccccc2)NC(=O)[C@H](C)NC(=O)[C@]2(C)NC(=O)CCCC2=O)c2ccccc12. The van der Waals surface area contributed by atoms with Gasteiger partial charge in [-0.15, -0.1) is 0 Å². The van der Waals surface area contributed by atoms with Crippen LogP contribution in [-0.2, 0) is 30.4 Å². The van der Waals surface area contributed by atoms with Gasteiger partial charge in [0.1, 0.15) is 17.8 Å². The Kier molecular flexibility index (Phi) is 9.54. The standard InChI is InChI=1S/C32H34N4O7/c1-19(33-31(42)32(2)26(37)14-9-15-27(38)36-32)28(39)34-24(18-20-10-5-4-6-11-20)30(41)35-29(40)23-16-17-25(43-3)22-13-8-7-12-21(22)23/h4-8,10-13,16-17,19,24H,9,14-15,18H2,1-3H3,(H,33,42)(H,34,39)(H,36,38)(H,35,40,41)/t19-,24-,32+/m0/s1. The van der Waals surface area contributed by atoms with E-state index in [2.05, 4.69) is 21.3 Å². The van der Waals surface area contributed by atoms with Gasteiger partial charge in [-0.1, -0.05) is 54.6 Å². The number of methoxy groups -OCH3 is 1. The fourth-order valence-corrected chi connectivity index (χ4v) is 4.93. The van der Waals surface area contributed by atoms with Crippen LogP contribution in [0.25, 0.3) is 10.8 Å². The normalized spacial score (nSPS) is 18.0. The van der Waals surface area contributed by atoms with Crippen molar-refractivity contribution in [1.29, 1.82) is 0 Å². The predicted octanol–water partition coefficient (Wildman–Crippen LogP) is 1.96. The lowest BCUT2D eigenvalue weighted by Crippen LogP contribution is -2.63. The van der Waals surface area contributed by atoms with Gasteiger partial charge in [-0.2, -0.15) is 0 Å². The molecular formula is C32H34N4O7. The molecule has 1 fully saturated rings. The molecule has 0 bridgehead atoms. The van der Waals surface area contributed by atoms with E-state index in [9.17, 15) is 28.8 Å². The molecule has 0 spiro atoms. The second kappa shape index (κ2) is 13.3. The first-order valence-electron chi connectivity index (χ1n) is 13.9. The smallest absolute Gasteiger partial charge is 0.258 e. The van der Waals surface area contributed by atoms with Crippen molar-refractivity contribution >= 4 is 46.1 Å². The summed E-state index contributed by atoms with van der Waals surface area (Å²) in [5, 5.41) is 11.2. The number of nitrogens with one attached hydrogen (secondary N) is 4. The van der Waals surface area contributed by atoms with Crippen molar-refractivity contribution in [2.24, 2.45) is 0 Å². The minimum atomic E-state index is -1.82. The molecule has 224 valence electrons. The van der Waals surface area contributed by atoms with Gasteiger partial charge in [0.05, 0.1) is 7.11 Å². The first-order valence-corrected chi connectivity index (χ1v) is 13.9. The highest BCUT2D eigenvalue weighted by Gasteiger charge is 2.44. The lowest BCUT2D eigenvalue weighted by Gasteiger charge is -2.28. The van der Waals surface area contributed by atoms with Crippen LogP contribution in [0.1, 0.15) is 49.0 Å². The molecule has 11 heteroatoms. The number of carbonyl (C=O) groups is 6. The zero-order valence-electron chi connectivity index (χ0n) is 24.2. The van der Waals surface area contributed by atoms with Crippen LogP contribution >= 0.6 is 0 Å². The summed E-state index contributed by atoms with van der Waals surface area (Å²) in [5.41, 5.74) is -0.851. The molecule has 43 heavy (non-hydrogen) atoms. The van der Waals surface area contributed by atoms with E-state index in [0.717, 1.165) is 5.56 Å². The van der Waals surface area contributed by atoms with Crippen LogP contribution in [-0.4, -0.2) is 60.1 Å². The number of hydrogen-bond acceptors (Lipinski definition) is 7. The Morgan fingerprint density at radius 1 is 0.884 bits per heavy atom. The Balaban J connectivity index is 1.51. The second-order valence-electron chi connectivity index (χ2n) is 10.6. The molecule has 3 aromatic rings. The third-order valence-electron chi connectivity index (χ3n) is 7.45. The molecule has 0 saturated carbocycles. The Bertz CT molecular complexity index is 1570. The van der Waals surface area contributed by atoms with Gasteiger partial charge in [0, 0.05) is 30.2 Å². The van der Waals surface area contributed by atoms with Crippen LogP contribution in [0, 0.1) is 0 Å². The van der Waals surface area contributed by atoms with Crippen LogP contribution < -0.4 is 26.0 Å². The molecule has 3 aromatic carbocycles. The molecule has 5 amide bonds. The number of rotatable bonds is 9. The van der Waals surface area contributed by atoms with Gasteiger partial charge in [-0.05, 0) is 43.4 Å². The van der Waals surface area contributed by atoms with Crippen molar-refractivity contribution in [1.82, 2.24) is 21.3 Å². The number of Topliss-reactive ketones (excluding diaryl/α,β-unsaturated/α-hetero) is 1. The van der Waals surface area contributed by atoms with E-state index in [1.807, 2.05) is 6.07 Å². The summed E-state index contributed by atoms with van der Waals surface area (Å²) in [6.07, 6.45) is 0.541. The van der Waals surface area contributed by atoms with Gasteiger partial charge in [-0.3, -0.25) is 34.1 Å². The average molecular weight is 587 g/mol. The summed E-state index contributed by atoms with van der Waals surface area (Å²) in [4.78, 5) is 77.6. The molecule has 0 aromatic heterocycles. The summed E-state index contributed by atoms with van der Waals surface area (Å²) < 4.78 is 5.39. The average Bonchev–Trinajstić information content (AvgIpc) is 3.13. The molecule has 1 heterocycles. The Morgan fingerprint density at radius 3 is 2.26 bits per heavy atom. The molecule has 1 saturated heterocycles. The topological polar surface area (TPSA) is 160 Å².